The van der Waals surface area contributed by atoms with Gasteiger partial charge in [-0.2, -0.15) is 9.61 Å². The number of benzene rings is 1. The number of para-hydroxylation sites is 1. The van der Waals surface area contributed by atoms with Gasteiger partial charge in [0.25, 0.3) is 0 Å². The van der Waals surface area contributed by atoms with Crippen LogP contribution in [0.15, 0.2) is 60.1 Å². The van der Waals surface area contributed by atoms with Gasteiger partial charge < -0.3 is 10.3 Å². The van der Waals surface area contributed by atoms with E-state index in [1.165, 1.54) is 0 Å². The number of carbonyl (C=O) groups excluding carboxylic acids is 1. The quantitative estimate of drug-likeness (QED) is 0.484. The average molecular weight is 388 g/mol. The molecule has 0 bridgehead atoms. The van der Waals surface area contributed by atoms with Gasteiger partial charge in [0, 0.05) is 17.1 Å². The predicted octanol–water partition coefficient (Wildman–Crippen LogP) is 3.19. The highest BCUT2D eigenvalue weighted by molar-refractivity contribution is 7.13. The van der Waals surface area contributed by atoms with Crippen LogP contribution < -0.4 is 5.32 Å². The van der Waals surface area contributed by atoms with Crippen molar-refractivity contribution < 1.29 is 4.79 Å². The molecule has 0 aliphatic heterocycles. The van der Waals surface area contributed by atoms with Gasteiger partial charge in [0.15, 0.2) is 11.5 Å². The number of aromatic nitrogens is 5. The Morgan fingerprint density at radius 1 is 1.11 bits per heavy atom. The molecule has 5 rings (SSSR count). The van der Waals surface area contributed by atoms with Crippen LogP contribution in [0.3, 0.4) is 0 Å². The molecular formula is C20H16N6OS. The Balaban J connectivity index is 1.32. The zero-order valence-corrected chi connectivity index (χ0v) is 15.6. The Hall–Kier alpha value is -3.52. The molecule has 8 heteroatoms. The first-order chi connectivity index (χ1) is 13.8. The molecule has 0 aliphatic rings. The van der Waals surface area contributed by atoms with Gasteiger partial charge in [-0.25, -0.2) is 0 Å². The van der Waals surface area contributed by atoms with E-state index in [4.69, 9.17) is 0 Å². The molecule has 0 radical (unpaired) electrons. The summed E-state index contributed by atoms with van der Waals surface area (Å²) < 4.78 is 1.68. The number of amides is 1. The largest absolute Gasteiger partial charge is 0.361 e. The van der Waals surface area contributed by atoms with Crippen LogP contribution in [-0.2, 0) is 17.8 Å². The summed E-state index contributed by atoms with van der Waals surface area (Å²) in [4.78, 5) is 16.7. The van der Waals surface area contributed by atoms with Crippen molar-refractivity contribution in [3.63, 3.8) is 0 Å². The molecule has 7 nitrogen and oxygen atoms in total. The van der Waals surface area contributed by atoms with E-state index in [1.807, 2.05) is 60.1 Å². The van der Waals surface area contributed by atoms with Crippen molar-refractivity contribution in [3.8, 4) is 10.6 Å². The molecule has 4 heterocycles. The SMILES string of the molecule is O=C(Cc1c[nH]c2ccccc12)NCc1nnc2ccc(-c3cccs3)nn12. The van der Waals surface area contributed by atoms with Crippen LogP contribution in [0.5, 0.6) is 0 Å². The van der Waals surface area contributed by atoms with Gasteiger partial charge in [-0.1, -0.05) is 24.3 Å². The van der Waals surface area contributed by atoms with E-state index in [1.54, 1.807) is 15.9 Å². The number of nitrogens with one attached hydrogen (secondary N) is 2. The van der Waals surface area contributed by atoms with Crippen molar-refractivity contribution in [1.82, 2.24) is 30.1 Å². The van der Waals surface area contributed by atoms with Gasteiger partial charge in [-0.3, -0.25) is 4.79 Å². The normalized spacial score (nSPS) is 11.3. The predicted molar refractivity (Wildman–Crippen MR) is 108 cm³/mol. The fourth-order valence-electron chi connectivity index (χ4n) is 3.19. The van der Waals surface area contributed by atoms with Crippen molar-refractivity contribution >= 4 is 33.8 Å². The maximum atomic E-state index is 12.4. The number of nitrogens with zero attached hydrogens (tertiary/aromatic N) is 4. The number of H-pyrrole nitrogens is 1. The van der Waals surface area contributed by atoms with Crippen LogP contribution in [0.25, 0.3) is 27.1 Å². The average Bonchev–Trinajstić information content (AvgIpc) is 3.46. The van der Waals surface area contributed by atoms with E-state index in [0.717, 1.165) is 27.0 Å². The summed E-state index contributed by atoms with van der Waals surface area (Å²) >= 11 is 1.62. The monoisotopic (exact) mass is 388 g/mol. The maximum Gasteiger partial charge on any atom is 0.224 e. The second-order valence-electron chi connectivity index (χ2n) is 6.40. The molecule has 1 amide bonds. The molecule has 4 aromatic heterocycles. The van der Waals surface area contributed by atoms with Gasteiger partial charge in [-0.05, 0) is 35.2 Å². The van der Waals surface area contributed by atoms with E-state index >= 15 is 0 Å². The second-order valence-corrected chi connectivity index (χ2v) is 7.34. The van der Waals surface area contributed by atoms with Crippen molar-refractivity contribution in [2.24, 2.45) is 0 Å². The lowest BCUT2D eigenvalue weighted by atomic mass is 10.1. The Bertz CT molecular complexity index is 1270. The minimum absolute atomic E-state index is 0.0732. The molecule has 138 valence electrons. The standard InChI is InChI=1S/C20H16N6OS/c27-20(10-13-11-21-15-5-2-1-4-14(13)15)22-12-19-24-23-18-8-7-16(25-26(18)19)17-6-3-9-28-17/h1-9,11,21H,10,12H2,(H,22,27). The van der Waals surface area contributed by atoms with Gasteiger partial charge >= 0.3 is 0 Å². The van der Waals surface area contributed by atoms with E-state index in [2.05, 4.69) is 25.6 Å². The van der Waals surface area contributed by atoms with E-state index < -0.39 is 0 Å². The van der Waals surface area contributed by atoms with Crippen LogP contribution in [0.4, 0.5) is 0 Å². The van der Waals surface area contributed by atoms with Crippen LogP contribution in [0, 0.1) is 0 Å². The summed E-state index contributed by atoms with van der Waals surface area (Å²) in [6, 6.07) is 15.8. The molecule has 0 aliphatic carbocycles. The zero-order valence-electron chi connectivity index (χ0n) is 14.8. The number of carbonyl (C=O) groups is 1. The van der Waals surface area contributed by atoms with Crippen LogP contribution in [0.2, 0.25) is 0 Å². The third-order valence-corrected chi connectivity index (χ3v) is 5.46. The number of hydrogen-bond donors (Lipinski definition) is 2. The van der Waals surface area contributed by atoms with Crippen molar-refractivity contribution in [2.75, 3.05) is 0 Å². The highest BCUT2D eigenvalue weighted by Gasteiger charge is 2.12. The van der Waals surface area contributed by atoms with Crippen molar-refractivity contribution in [1.29, 1.82) is 0 Å². The summed E-state index contributed by atoms with van der Waals surface area (Å²) in [5, 5.41) is 18.9. The lowest BCUT2D eigenvalue weighted by Gasteiger charge is -2.04. The molecule has 5 aromatic rings. The first-order valence-electron chi connectivity index (χ1n) is 8.85. The maximum absolute atomic E-state index is 12.4. The van der Waals surface area contributed by atoms with Gasteiger partial charge in [-0.15, -0.1) is 21.5 Å². The number of fused-ring (bicyclic) bond motifs is 2. The first kappa shape index (κ1) is 16.6. The molecule has 0 atom stereocenters. The number of aromatic amines is 1. The molecule has 0 saturated heterocycles. The minimum atomic E-state index is -0.0732. The second kappa shape index (κ2) is 6.90. The van der Waals surface area contributed by atoms with E-state index in [-0.39, 0.29) is 12.5 Å². The molecule has 28 heavy (non-hydrogen) atoms. The molecule has 0 unspecified atom stereocenters. The Labute approximate surface area is 164 Å². The van der Waals surface area contributed by atoms with Gasteiger partial charge in [0.05, 0.1) is 17.8 Å². The molecular weight excluding hydrogens is 372 g/mol. The lowest BCUT2D eigenvalue weighted by molar-refractivity contribution is -0.120. The van der Waals surface area contributed by atoms with Crippen molar-refractivity contribution in [2.45, 2.75) is 13.0 Å². The summed E-state index contributed by atoms with van der Waals surface area (Å²) in [5.41, 5.74) is 3.51. The Kier molecular flexibility index (Phi) is 4.10. The molecule has 1 aromatic carbocycles. The Morgan fingerprint density at radius 2 is 2.04 bits per heavy atom. The Morgan fingerprint density at radius 3 is 2.93 bits per heavy atom. The van der Waals surface area contributed by atoms with Gasteiger partial charge in [0.1, 0.15) is 5.69 Å². The van der Waals surface area contributed by atoms with Crippen LogP contribution in [0.1, 0.15) is 11.4 Å². The van der Waals surface area contributed by atoms with Crippen LogP contribution in [-0.4, -0.2) is 30.7 Å². The lowest BCUT2D eigenvalue weighted by Crippen LogP contribution is -2.25. The smallest absolute Gasteiger partial charge is 0.224 e. The van der Waals surface area contributed by atoms with Crippen molar-refractivity contribution in [3.05, 3.63) is 71.5 Å². The molecule has 0 fully saturated rings. The fourth-order valence-corrected chi connectivity index (χ4v) is 3.88. The highest BCUT2D eigenvalue weighted by atomic mass is 32.1. The molecule has 2 N–H and O–H groups in total. The number of hydrogen-bond acceptors (Lipinski definition) is 5. The first-order valence-corrected chi connectivity index (χ1v) is 9.73. The third kappa shape index (κ3) is 3.03. The summed E-state index contributed by atoms with van der Waals surface area (Å²) in [6.07, 6.45) is 2.18. The van der Waals surface area contributed by atoms with Gasteiger partial charge in [0.2, 0.25) is 5.91 Å². The third-order valence-electron chi connectivity index (χ3n) is 4.57. The van der Waals surface area contributed by atoms with E-state index in [0.29, 0.717) is 17.9 Å². The summed E-state index contributed by atoms with van der Waals surface area (Å²) in [7, 11) is 0. The summed E-state index contributed by atoms with van der Waals surface area (Å²) in [6.45, 7) is 0.267. The number of rotatable bonds is 5. The topological polar surface area (TPSA) is 88.0 Å². The zero-order chi connectivity index (χ0) is 18.9. The molecule has 0 spiro atoms. The number of thiophene rings is 1. The molecule has 0 saturated carbocycles. The van der Waals surface area contributed by atoms with E-state index in [9.17, 15) is 4.79 Å². The highest BCUT2D eigenvalue weighted by Crippen LogP contribution is 2.22. The summed E-state index contributed by atoms with van der Waals surface area (Å²) in [5.74, 6) is 0.525. The minimum Gasteiger partial charge on any atom is -0.361 e. The fraction of sp³-hybridized carbons (Fsp3) is 0.100. The van der Waals surface area contributed by atoms with Crippen LogP contribution >= 0.6 is 11.3 Å².